The highest BCUT2D eigenvalue weighted by Gasteiger charge is 2.68. The molecule has 42 heavy (non-hydrogen) atoms. The molecule has 3 unspecified atom stereocenters. The number of hydrogen-bond acceptors (Lipinski definition) is 8. The maximum absolute atomic E-state index is 14.3. The summed E-state index contributed by atoms with van der Waals surface area (Å²) in [4.78, 5) is 53.6. The van der Waals surface area contributed by atoms with Crippen LogP contribution in [0, 0.1) is 29.6 Å². The highest BCUT2D eigenvalue weighted by Crippen LogP contribution is 2.66. The molecule has 3 heterocycles. The number of nitrogens with zero attached hydrogens (tertiary/aromatic N) is 1. The second-order valence-corrected chi connectivity index (χ2v) is 14.6. The molecule has 2 bridgehead atoms. The molecule has 3 aromatic rings. The van der Waals surface area contributed by atoms with Gasteiger partial charge in [0.25, 0.3) is 5.56 Å². The molecule has 2 saturated carbocycles. The van der Waals surface area contributed by atoms with Crippen LogP contribution >= 0.6 is 0 Å². The summed E-state index contributed by atoms with van der Waals surface area (Å²) in [7, 11) is -4.32. The minimum atomic E-state index is -4.32. The number of aromatic nitrogens is 1. The van der Waals surface area contributed by atoms with E-state index in [2.05, 4.69) is 5.32 Å². The van der Waals surface area contributed by atoms with Gasteiger partial charge in [-0.25, -0.2) is 12.4 Å². The molecule has 4 atom stereocenters. The minimum Gasteiger partial charge on any atom is -0.461 e. The molecule has 10 heteroatoms. The number of nitrogens with one attached hydrogen (secondary N) is 1. The number of para-hydroxylation sites is 1. The molecule has 1 aromatic carbocycles. The summed E-state index contributed by atoms with van der Waals surface area (Å²) in [6.45, 7) is 10.6. The summed E-state index contributed by atoms with van der Waals surface area (Å²) < 4.78 is 35.0. The van der Waals surface area contributed by atoms with Crippen LogP contribution in [-0.2, 0) is 19.6 Å². The van der Waals surface area contributed by atoms with Crippen molar-refractivity contribution in [1.82, 2.24) is 3.97 Å². The Morgan fingerprint density at radius 2 is 1.86 bits per heavy atom. The van der Waals surface area contributed by atoms with E-state index >= 15 is 0 Å². The van der Waals surface area contributed by atoms with Crippen molar-refractivity contribution < 1.29 is 22.4 Å². The van der Waals surface area contributed by atoms with Crippen LogP contribution in [0.25, 0.3) is 11.0 Å². The Hall–Kier alpha value is -3.79. The zero-order valence-electron chi connectivity index (χ0n) is 24.5. The summed E-state index contributed by atoms with van der Waals surface area (Å²) in [5, 5.41) is 3.40. The van der Waals surface area contributed by atoms with Gasteiger partial charge in [-0.05, 0) is 56.6 Å². The molecule has 2 fully saturated rings. The van der Waals surface area contributed by atoms with Crippen molar-refractivity contribution >= 4 is 38.2 Å². The van der Waals surface area contributed by atoms with Crippen LogP contribution < -0.4 is 16.3 Å². The van der Waals surface area contributed by atoms with Crippen molar-refractivity contribution in [2.45, 2.75) is 60.3 Å². The third-order valence-corrected chi connectivity index (χ3v) is 12.0. The van der Waals surface area contributed by atoms with Crippen molar-refractivity contribution in [3.63, 3.8) is 0 Å². The van der Waals surface area contributed by atoms with Crippen LogP contribution in [-0.4, -0.2) is 29.7 Å². The first kappa shape index (κ1) is 28.3. The fourth-order valence-electron chi connectivity index (χ4n) is 8.16. The number of hydrogen-bond donors (Lipinski definition) is 1. The third kappa shape index (κ3) is 3.70. The maximum atomic E-state index is 14.3. The average Bonchev–Trinajstić information content (AvgIpc) is 3.18. The number of rotatable bonds is 5. The molecule has 3 aliphatic rings. The van der Waals surface area contributed by atoms with Crippen molar-refractivity contribution in [3.8, 4) is 0 Å². The van der Waals surface area contributed by atoms with Crippen LogP contribution in [0.3, 0.4) is 0 Å². The van der Waals surface area contributed by atoms with Crippen LogP contribution in [0.5, 0.6) is 0 Å². The molecule has 6 rings (SSSR count). The number of carbonyl (C=O) groups is 2. The van der Waals surface area contributed by atoms with E-state index in [1.165, 1.54) is 25.3 Å². The number of benzene rings is 1. The van der Waals surface area contributed by atoms with Gasteiger partial charge >= 0.3 is 0 Å². The van der Waals surface area contributed by atoms with Crippen molar-refractivity contribution in [2.24, 2.45) is 22.7 Å². The van der Waals surface area contributed by atoms with Gasteiger partial charge in [0.15, 0.2) is 11.2 Å². The van der Waals surface area contributed by atoms with Gasteiger partial charge < -0.3 is 9.73 Å². The van der Waals surface area contributed by atoms with Gasteiger partial charge in [0.2, 0.25) is 10.0 Å². The van der Waals surface area contributed by atoms with Crippen LogP contribution in [0.4, 0.5) is 5.69 Å². The SMILES string of the molecule is CC(=O)C1=C(C)Nc2ccn(S(=O)(=O)CC34C(=O)CC(C[C@@H]3C)C4(C)C)c(=O)c2C1c1cccc2c(=O)cc(C)oc12. The van der Waals surface area contributed by atoms with Crippen LogP contribution in [0.2, 0.25) is 0 Å². The Balaban J connectivity index is 1.58. The quantitative estimate of drug-likeness (QED) is 0.459. The number of aryl methyl sites for hydroxylation is 1. The van der Waals surface area contributed by atoms with Gasteiger partial charge in [0, 0.05) is 41.2 Å². The van der Waals surface area contributed by atoms with E-state index in [0.717, 1.165) is 10.4 Å². The van der Waals surface area contributed by atoms with E-state index in [9.17, 15) is 27.6 Å². The molecule has 1 N–H and O–H groups in total. The summed E-state index contributed by atoms with van der Waals surface area (Å²) in [5.74, 6) is -1.55. The Labute approximate surface area is 243 Å². The lowest BCUT2D eigenvalue weighted by molar-refractivity contribution is -0.130. The number of anilines is 1. The molecule has 2 aromatic heterocycles. The first-order chi connectivity index (χ1) is 19.6. The third-order valence-electron chi connectivity index (χ3n) is 10.3. The van der Waals surface area contributed by atoms with Gasteiger partial charge in [0.05, 0.1) is 28.0 Å². The molecule has 1 aliphatic heterocycles. The highest BCUT2D eigenvalue weighted by molar-refractivity contribution is 7.89. The summed E-state index contributed by atoms with van der Waals surface area (Å²) in [5.41, 5.74) is -0.881. The molecular formula is C32H34N2O7S. The highest BCUT2D eigenvalue weighted by atomic mass is 32.2. The number of pyridine rings is 1. The van der Waals surface area contributed by atoms with Gasteiger partial charge in [-0.15, -0.1) is 0 Å². The predicted octanol–water partition coefficient (Wildman–Crippen LogP) is 4.50. The lowest BCUT2D eigenvalue weighted by Gasteiger charge is -2.39. The first-order valence-corrected chi connectivity index (χ1v) is 15.8. The Morgan fingerprint density at radius 1 is 1.14 bits per heavy atom. The predicted molar refractivity (Wildman–Crippen MR) is 159 cm³/mol. The lowest BCUT2D eigenvalue weighted by atomic mass is 9.66. The number of fused-ring (bicyclic) bond motifs is 4. The van der Waals surface area contributed by atoms with Crippen molar-refractivity contribution in [3.05, 3.63) is 85.3 Å². The minimum absolute atomic E-state index is 0.0559. The zero-order chi connectivity index (χ0) is 30.5. The molecule has 0 saturated heterocycles. The molecular weight excluding hydrogens is 556 g/mol. The average molecular weight is 591 g/mol. The fraction of sp³-hybridized carbons (Fsp3) is 0.438. The van der Waals surface area contributed by atoms with Gasteiger partial charge in [0.1, 0.15) is 17.1 Å². The van der Waals surface area contributed by atoms with E-state index in [4.69, 9.17) is 4.42 Å². The molecule has 0 amide bonds. The zero-order valence-corrected chi connectivity index (χ0v) is 25.3. The van der Waals surface area contributed by atoms with Gasteiger partial charge in [-0.1, -0.05) is 32.9 Å². The topological polar surface area (TPSA) is 133 Å². The second-order valence-electron chi connectivity index (χ2n) is 12.8. The Kier molecular flexibility index (Phi) is 6.14. The summed E-state index contributed by atoms with van der Waals surface area (Å²) in [6, 6.07) is 7.83. The van der Waals surface area contributed by atoms with Crippen LogP contribution in [0.15, 0.2) is 61.8 Å². The van der Waals surface area contributed by atoms with Crippen molar-refractivity contribution in [2.75, 3.05) is 11.1 Å². The van der Waals surface area contributed by atoms with Crippen LogP contribution in [0.1, 0.15) is 70.3 Å². The van der Waals surface area contributed by atoms with Gasteiger partial charge in [-0.2, -0.15) is 0 Å². The number of ketones is 2. The number of allylic oxidation sites excluding steroid dienone is 2. The van der Waals surface area contributed by atoms with Gasteiger partial charge in [-0.3, -0.25) is 19.2 Å². The molecule has 9 nitrogen and oxygen atoms in total. The van der Waals surface area contributed by atoms with E-state index < -0.39 is 38.1 Å². The van der Waals surface area contributed by atoms with Crippen molar-refractivity contribution in [1.29, 1.82) is 0 Å². The normalized spacial score (nSPS) is 26.4. The standard InChI is InChI=1S/C32H34N2O7S/c1-16-12-20-14-25(37)32(16,31(20,5)6)15-42(39,40)34-11-10-23-28(30(34)38)27(26(19(4)35)18(3)33-23)22-9-7-8-21-24(36)13-17(2)41-29(21)22/h7-11,13,16,20,27,33H,12,14-15H2,1-6H3/t16-,20?,27?,32?/m0/s1. The number of carbonyl (C=O) groups excluding carboxylic acids is 2. The Morgan fingerprint density at radius 3 is 2.50 bits per heavy atom. The van der Waals surface area contributed by atoms with E-state index in [1.54, 1.807) is 32.0 Å². The lowest BCUT2D eigenvalue weighted by Crippen LogP contribution is -2.48. The Bertz CT molecular complexity index is 1980. The molecule has 0 radical (unpaired) electrons. The summed E-state index contributed by atoms with van der Waals surface area (Å²) in [6.07, 6.45) is 2.33. The molecule has 2 aliphatic carbocycles. The van der Waals surface area contributed by atoms with E-state index in [-0.39, 0.29) is 50.9 Å². The van der Waals surface area contributed by atoms with E-state index in [1.807, 2.05) is 20.8 Å². The smallest absolute Gasteiger partial charge is 0.270 e. The largest absolute Gasteiger partial charge is 0.461 e. The molecule has 0 spiro atoms. The maximum Gasteiger partial charge on any atom is 0.270 e. The first-order valence-electron chi connectivity index (χ1n) is 14.2. The monoisotopic (exact) mass is 590 g/mol. The second kappa shape index (κ2) is 9.10. The fourth-order valence-corrected chi connectivity index (χ4v) is 10.3. The summed E-state index contributed by atoms with van der Waals surface area (Å²) >= 11 is 0. The number of Topliss-reactive ketones (excluding diaryl/α,β-unsaturated/α-hetero) is 2. The molecule has 220 valence electrons. The van der Waals surface area contributed by atoms with E-state index in [0.29, 0.717) is 29.1 Å².